The number of hydrogen-bond acceptors (Lipinski definition) is 2. The second-order valence-electron chi connectivity index (χ2n) is 3.98. The van der Waals surface area contributed by atoms with Gasteiger partial charge in [-0.15, -0.1) is 0 Å². The Hall–Kier alpha value is -1.02. The van der Waals surface area contributed by atoms with Gasteiger partial charge in [-0.3, -0.25) is 0 Å². The molecule has 0 spiro atoms. The first kappa shape index (κ1) is 9.53. The van der Waals surface area contributed by atoms with Crippen molar-refractivity contribution in [2.45, 2.75) is 31.2 Å². The summed E-state index contributed by atoms with van der Waals surface area (Å²) in [6, 6.07) is 8.61. The SMILES string of the molecule is COc1cccc(C2CCCC2N)c1. The van der Waals surface area contributed by atoms with E-state index < -0.39 is 0 Å². The molecule has 0 bridgehead atoms. The van der Waals surface area contributed by atoms with E-state index >= 15 is 0 Å². The minimum Gasteiger partial charge on any atom is -0.497 e. The zero-order valence-corrected chi connectivity index (χ0v) is 8.57. The van der Waals surface area contributed by atoms with E-state index in [-0.39, 0.29) is 0 Å². The molecular formula is C12H17NO. The third-order valence-electron chi connectivity index (χ3n) is 3.09. The molecule has 1 aliphatic carbocycles. The van der Waals surface area contributed by atoms with Crippen LogP contribution in [0.15, 0.2) is 24.3 Å². The second kappa shape index (κ2) is 4.01. The van der Waals surface area contributed by atoms with E-state index in [4.69, 9.17) is 10.5 Å². The van der Waals surface area contributed by atoms with E-state index in [1.54, 1.807) is 7.11 Å². The van der Waals surface area contributed by atoms with Crippen molar-refractivity contribution < 1.29 is 4.74 Å². The summed E-state index contributed by atoms with van der Waals surface area (Å²) in [5, 5.41) is 0. The van der Waals surface area contributed by atoms with Crippen molar-refractivity contribution in [3.63, 3.8) is 0 Å². The van der Waals surface area contributed by atoms with Crippen LogP contribution in [0.2, 0.25) is 0 Å². The normalized spacial score (nSPS) is 26.4. The van der Waals surface area contributed by atoms with Crippen LogP contribution >= 0.6 is 0 Å². The van der Waals surface area contributed by atoms with Gasteiger partial charge in [-0.2, -0.15) is 0 Å². The van der Waals surface area contributed by atoms with Crippen molar-refractivity contribution in [3.8, 4) is 5.75 Å². The number of ether oxygens (including phenoxy) is 1. The quantitative estimate of drug-likeness (QED) is 0.778. The number of methoxy groups -OCH3 is 1. The fraction of sp³-hybridized carbons (Fsp3) is 0.500. The van der Waals surface area contributed by atoms with E-state index in [0.29, 0.717) is 12.0 Å². The molecule has 2 rings (SSSR count). The molecule has 0 radical (unpaired) electrons. The van der Waals surface area contributed by atoms with Crippen LogP contribution in [0, 0.1) is 0 Å². The standard InChI is InChI=1S/C12H17NO/c1-14-10-5-2-4-9(8-10)11-6-3-7-12(11)13/h2,4-5,8,11-12H,3,6-7,13H2,1H3. The lowest BCUT2D eigenvalue weighted by atomic mass is 9.94. The molecule has 1 aromatic rings. The molecule has 0 aliphatic heterocycles. The van der Waals surface area contributed by atoms with Crippen LogP contribution in [-0.4, -0.2) is 13.2 Å². The maximum absolute atomic E-state index is 6.06. The molecule has 2 unspecified atom stereocenters. The number of benzene rings is 1. The van der Waals surface area contributed by atoms with Crippen LogP contribution < -0.4 is 10.5 Å². The second-order valence-corrected chi connectivity index (χ2v) is 3.98. The van der Waals surface area contributed by atoms with Crippen molar-refractivity contribution in [3.05, 3.63) is 29.8 Å². The molecule has 1 fully saturated rings. The van der Waals surface area contributed by atoms with Crippen LogP contribution in [0.5, 0.6) is 5.75 Å². The lowest BCUT2D eigenvalue weighted by molar-refractivity contribution is 0.413. The Morgan fingerprint density at radius 3 is 2.86 bits per heavy atom. The van der Waals surface area contributed by atoms with Crippen molar-refractivity contribution in [2.24, 2.45) is 5.73 Å². The monoisotopic (exact) mass is 191 g/mol. The molecule has 1 aliphatic rings. The molecule has 2 N–H and O–H groups in total. The summed E-state index contributed by atoms with van der Waals surface area (Å²) < 4.78 is 5.21. The topological polar surface area (TPSA) is 35.2 Å². The first-order chi connectivity index (χ1) is 6.81. The van der Waals surface area contributed by atoms with E-state index in [1.165, 1.54) is 18.4 Å². The van der Waals surface area contributed by atoms with Crippen LogP contribution in [0.3, 0.4) is 0 Å². The highest BCUT2D eigenvalue weighted by atomic mass is 16.5. The van der Waals surface area contributed by atoms with E-state index in [1.807, 2.05) is 12.1 Å². The minimum absolute atomic E-state index is 0.335. The summed E-state index contributed by atoms with van der Waals surface area (Å²) in [5.41, 5.74) is 7.39. The van der Waals surface area contributed by atoms with E-state index in [0.717, 1.165) is 12.2 Å². The number of rotatable bonds is 2. The van der Waals surface area contributed by atoms with Gasteiger partial charge in [-0.1, -0.05) is 18.6 Å². The van der Waals surface area contributed by atoms with Crippen molar-refractivity contribution >= 4 is 0 Å². The predicted molar refractivity (Wildman–Crippen MR) is 57.6 cm³/mol. The highest BCUT2D eigenvalue weighted by Gasteiger charge is 2.25. The summed E-state index contributed by atoms with van der Waals surface area (Å²) in [7, 11) is 1.70. The van der Waals surface area contributed by atoms with Gasteiger partial charge in [0.05, 0.1) is 7.11 Å². The average Bonchev–Trinajstić information content (AvgIpc) is 2.65. The molecule has 0 saturated heterocycles. The fourth-order valence-electron chi connectivity index (χ4n) is 2.27. The van der Waals surface area contributed by atoms with Crippen LogP contribution in [0.4, 0.5) is 0 Å². The fourth-order valence-corrected chi connectivity index (χ4v) is 2.27. The maximum Gasteiger partial charge on any atom is 0.119 e. The van der Waals surface area contributed by atoms with Gasteiger partial charge in [0.15, 0.2) is 0 Å². The van der Waals surface area contributed by atoms with Gasteiger partial charge in [0.1, 0.15) is 5.75 Å². The van der Waals surface area contributed by atoms with E-state index in [2.05, 4.69) is 12.1 Å². The summed E-state index contributed by atoms with van der Waals surface area (Å²) in [6.45, 7) is 0. The zero-order chi connectivity index (χ0) is 9.97. The molecule has 76 valence electrons. The Morgan fingerprint density at radius 2 is 2.21 bits per heavy atom. The highest BCUT2D eigenvalue weighted by molar-refractivity contribution is 5.32. The number of nitrogens with two attached hydrogens (primary N) is 1. The Morgan fingerprint density at radius 1 is 1.36 bits per heavy atom. The Balaban J connectivity index is 2.22. The molecule has 14 heavy (non-hydrogen) atoms. The van der Waals surface area contributed by atoms with Crippen LogP contribution in [0.25, 0.3) is 0 Å². The molecule has 2 atom stereocenters. The van der Waals surface area contributed by atoms with Gasteiger partial charge >= 0.3 is 0 Å². The molecule has 0 amide bonds. The summed E-state index contributed by atoms with van der Waals surface area (Å²) in [4.78, 5) is 0. The molecule has 0 heterocycles. The third kappa shape index (κ3) is 1.75. The number of hydrogen-bond donors (Lipinski definition) is 1. The molecule has 2 heteroatoms. The van der Waals surface area contributed by atoms with Gasteiger partial charge in [0.2, 0.25) is 0 Å². The van der Waals surface area contributed by atoms with E-state index in [9.17, 15) is 0 Å². The third-order valence-corrected chi connectivity index (χ3v) is 3.09. The molecular weight excluding hydrogens is 174 g/mol. The molecule has 1 saturated carbocycles. The van der Waals surface area contributed by atoms with Crippen molar-refractivity contribution in [1.82, 2.24) is 0 Å². The smallest absolute Gasteiger partial charge is 0.119 e. The lowest BCUT2D eigenvalue weighted by Gasteiger charge is -2.16. The summed E-state index contributed by atoms with van der Waals surface area (Å²) in [5.74, 6) is 1.46. The summed E-state index contributed by atoms with van der Waals surface area (Å²) in [6.07, 6.45) is 3.62. The van der Waals surface area contributed by atoms with Gasteiger partial charge in [-0.05, 0) is 36.5 Å². The maximum atomic E-state index is 6.06. The molecule has 1 aromatic carbocycles. The molecule has 0 aromatic heterocycles. The van der Waals surface area contributed by atoms with Crippen LogP contribution in [-0.2, 0) is 0 Å². The van der Waals surface area contributed by atoms with Crippen molar-refractivity contribution in [2.75, 3.05) is 7.11 Å². The lowest BCUT2D eigenvalue weighted by Crippen LogP contribution is -2.22. The predicted octanol–water partition coefficient (Wildman–Crippen LogP) is 2.29. The van der Waals surface area contributed by atoms with Gasteiger partial charge in [0, 0.05) is 6.04 Å². The Bertz CT molecular complexity index is 311. The highest BCUT2D eigenvalue weighted by Crippen LogP contribution is 2.34. The summed E-state index contributed by atoms with van der Waals surface area (Å²) >= 11 is 0. The first-order valence-electron chi connectivity index (χ1n) is 5.21. The van der Waals surface area contributed by atoms with Gasteiger partial charge in [-0.25, -0.2) is 0 Å². The van der Waals surface area contributed by atoms with Gasteiger partial charge in [0.25, 0.3) is 0 Å². The Labute approximate surface area is 85.1 Å². The van der Waals surface area contributed by atoms with Crippen LogP contribution in [0.1, 0.15) is 30.7 Å². The minimum atomic E-state index is 0.335. The Kier molecular flexibility index (Phi) is 2.73. The average molecular weight is 191 g/mol. The zero-order valence-electron chi connectivity index (χ0n) is 8.57. The van der Waals surface area contributed by atoms with Crippen molar-refractivity contribution in [1.29, 1.82) is 0 Å². The molecule has 2 nitrogen and oxygen atoms in total. The van der Waals surface area contributed by atoms with Gasteiger partial charge < -0.3 is 10.5 Å². The largest absolute Gasteiger partial charge is 0.497 e. The first-order valence-corrected chi connectivity index (χ1v) is 5.21.